The summed E-state index contributed by atoms with van der Waals surface area (Å²) < 4.78 is 23.7. The minimum atomic E-state index is -3.08. The number of hydrogen-bond acceptors (Lipinski definition) is 3. The van der Waals surface area contributed by atoms with Crippen molar-refractivity contribution in [3.63, 3.8) is 0 Å². The van der Waals surface area contributed by atoms with E-state index in [4.69, 9.17) is 11.6 Å². The van der Waals surface area contributed by atoms with Crippen LogP contribution in [0.25, 0.3) is 0 Å². The number of carbonyl (C=O) groups excluding carboxylic acids is 1. The van der Waals surface area contributed by atoms with Gasteiger partial charge < -0.3 is 4.90 Å². The lowest BCUT2D eigenvalue weighted by atomic mass is 10.1. The molecule has 1 aliphatic rings. The van der Waals surface area contributed by atoms with E-state index in [-0.39, 0.29) is 23.5 Å². The summed E-state index contributed by atoms with van der Waals surface area (Å²) in [4.78, 5) is 14.6. The van der Waals surface area contributed by atoms with E-state index in [1.165, 1.54) is 0 Å². The van der Waals surface area contributed by atoms with Gasteiger partial charge in [-0.3, -0.25) is 4.79 Å². The quantitative estimate of drug-likeness (QED) is 0.838. The van der Waals surface area contributed by atoms with Crippen molar-refractivity contribution in [3.05, 3.63) is 70.7 Å². The van der Waals surface area contributed by atoms with Crippen molar-refractivity contribution in [2.75, 3.05) is 11.5 Å². The molecule has 0 N–H and O–H groups in total. The number of sulfone groups is 1. The lowest BCUT2D eigenvalue weighted by Crippen LogP contribution is -2.40. The monoisotopic (exact) mass is 363 g/mol. The molecule has 6 heteroatoms. The minimum absolute atomic E-state index is 0.0200. The molecule has 0 aliphatic carbocycles. The summed E-state index contributed by atoms with van der Waals surface area (Å²) in [7, 11) is -3.08. The molecule has 1 heterocycles. The highest BCUT2D eigenvalue weighted by atomic mass is 35.5. The SMILES string of the molecule is O=C(c1ccccc1)N(Cc1cccc(Cl)c1)[C@H]1CCS(=O)(=O)C1. The average Bonchev–Trinajstić information content (AvgIpc) is 2.93. The summed E-state index contributed by atoms with van der Waals surface area (Å²) in [6, 6.07) is 15.9. The van der Waals surface area contributed by atoms with Crippen molar-refractivity contribution in [2.45, 2.75) is 19.0 Å². The Balaban J connectivity index is 1.90. The van der Waals surface area contributed by atoms with Crippen LogP contribution in [0.4, 0.5) is 0 Å². The van der Waals surface area contributed by atoms with Crippen molar-refractivity contribution < 1.29 is 13.2 Å². The number of benzene rings is 2. The first-order chi connectivity index (χ1) is 11.4. The molecule has 2 aromatic carbocycles. The largest absolute Gasteiger partial charge is 0.330 e. The van der Waals surface area contributed by atoms with Crippen LogP contribution in [-0.2, 0) is 16.4 Å². The lowest BCUT2D eigenvalue weighted by molar-refractivity contribution is 0.0681. The third kappa shape index (κ3) is 3.97. The summed E-state index contributed by atoms with van der Waals surface area (Å²) in [5.41, 5.74) is 1.44. The Kier molecular flexibility index (Phi) is 4.92. The standard InChI is InChI=1S/C18H18ClNO3S/c19-16-8-4-5-14(11-16)12-20(17-9-10-24(22,23)13-17)18(21)15-6-2-1-3-7-15/h1-8,11,17H,9-10,12-13H2/t17-/m0/s1. The second-order valence-electron chi connectivity index (χ2n) is 5.99. The first-order valence-electron chi connectivity index (χ1n) is 7.75. The Hall–Kier alpha value is -1.85. The third-order valence-electron chi connectivity index (χ3n) is 4.17. The normalized spacial score (nSPS) is 19.1. The lowest BCUT2D eigenvalue weighted by Gasteiger charge is -2.28. The van der Waals surface area contributed by atoms with Gasteiger partial charge in [-0.25, -0.2) is 8.42 Å². The van der Waals surface area contributed by atoms with Gasteiger partial charge in [0.15, 0.2) is 9.84 Å². The van der Waals surface area contributed by atoms with Gasteiger partial charge >= 0.3 is 0 Å². The van der Waals surface area contributed by atoms with Crippen molar-refractivity contribution in [1.82, 2.24) is 4.90 Å². The van der Waals surface area contributed by atoms with Gasteiger partial charge in [-0.2, -0.15) is 0 Å². The highest BCUT2D eigenvalue weighted by Gasteiger charge is 2.35. The molecule has 3 rings (SSSR count). The number of amides is 1. The van der Waals surface area contributed by atoms with E-state index in [2.05, 4.69) is 0 Å². The van der Waals surface area contributed by atoms with Crippen LogP contribution in [0.2, 0.25) is 5.02 Å². The average molecular weight is 364 g/mol. The van der Waals surface area contributed by atoms with Crippen LogP contribution in [0.5, 0.6) is 0 Å². The Bertz CT molecular complexity index is 836. The fraction of sp³-hybridized carbons (Fsp3) is 0.278. The molecule has 0 bridgehead atoms. The molecule has 0 spiro atoms. The molecule has 4 nitrogen and oxygen atoms in total. The third-order valence-corrected chi connectivity index (χ3v) is 6.16. The molecule has 2 aromatic rings. The maximum atomic E-state index is 12.9. The van der Waals surface area contributed by atoms with Gasteiger partial charge in [-0.1, -0.05) is 41.9 Å². The van der Waals surface area contributed by atoms with E-state index in [1.807, 2.05) is 18.2 Å². The highest BCUT2D eigenvalue weighted by Crippen LogP contribution is 2.23. The van der Waals surface area contributed by atoms with E-state index in [9.17, 15) is 13.2 Å². The number of rotatable bonds is 4. The molecule has 1 fully saturated rings. The van der Waals surface area contributed by atoms with Crippen molar-refractivity contribution >= 4 is 27.3 Å². The molecule has 0 unspecified atom stereocenters. The van der Waals surface area contributed by atoms with Crippen LogP contribution in [0.15, 0.2) is 54.6 Å². The Morgan fingerprint density at radius 3 is 2.50 bits per heavy atom. The second-order valence-corrected chi connectivity index (χ2v) is 8.65. The van der Waals surface area contributed by atoms with Crippen LogP contribution in [0.3, 0.4) is 0 Å². The molecule has 1 amide bonds. The Morgan fingerprint density at radius 1 is 1.12 bits per heavy atom. The Labute approximate surface area is 147 Å². The first-order valence-corrected chi connectivity index (χ1v) is 9.95. The van der Waals surface area contributed by atoms with Crippen molar-refractivity contribution in [1.29, 1.82) is 0 Å². The van der Waals surface area contributed by atoms with E-state index in [1.54, 1.807) is 41.3 Å². The summed E-state index contributed by atoms with van der Waals surface area (Å²) in [5, 5.41) is 0.596. The van der Waals surface area contributed by atoms with Gasteiger partial charge in [0.25, 0.3) is 5.91 Å². The minimum Gasteiger partial charge on any atom is -0.330 e. The topological polar surface area (TPSA) is 54.5 Å². The smallest absolute Gasteiger partial charge is 0.254 e. The van der Waals surface area contributed by atoms with Gasteiger partial charge in [0.2, 0.25) is 0 Å². The predicted molar refractivity (Wildman–Crippen MR) is 94.8 cm³/mol. The number of nitrogens with zero attached hydrogens (tertiary/aromatic N) is 1. The zero-order chi connectivity index (χ0) is 17.2. The van der Waals surface area contributed by atoms with Gasteiger partial charge in [0, 0.05) is 23.2 Å². The second kappa shape index (κ2) is 6.95. The highest BCUT2D eigenvalue weighted by molar-refractivity contribution is 7.91. The first kappa shape index (κ1) is 17.0. The maximum absolute atomic E-state index is 12.9. The molecule has 1 aliphatic heterocycles. The fourth-order valence-corrected chi connectivity index (χ4v) is 4.91. The molecule has 0 aromatic heterocycles. The molecule has 24 heavy (non-hydrogen) atoms. The van der Waals surface area contributed by atoms with Crippen molar-refractivity contribution in [2.24, 2.45) is 0 Å². The molecule has 1 saturated heterocycles. The van der Waals surface area contributed by atoms with Crippen LogP contribution < -0.4 is 0 Å². The summed E-state index contributed by atoms with van der Waals surface area (Å²) >= 11 is 6.03. The summed E-state index contributed by atoms with van der Waals surface area (Å²) in [6.07, 6.45) is 0.474. The predicted octanol–water partition coefficient (Wildman–Crippen LogP) is 3.17. The molecular weight excluding hydrogens is 346 g/mol. The van der Waals surface area contributed by atoms with Gasteiger partial charge in [0.05, 0.1) is 11.5 Å². The van der Waals surface area contributed by atoms with Crippen LogP contribution >= 0.6 is 11.6 Å². The maximum Gasteiger partial charge on any atom is 0.254 e. The van der Waals surface area contributed by atoms with Crippen LogP contribution in [0.1, 0.15) is 22.3 Å². The number of hydrogen-bond donors (Lipinski definition) is 0. The molecule has 0 radical (unpaired) electrons. The van der Waals surface area contributed by atoms with Gasteiger partial charge in [-0.05, 0) is 36.2 Å². The van der Waals surface area contributed by atoms with E-state index >= 15 is 0 Å². The molecule has 126 valence electrons. The number of carbonyl (C=O) groups is 1. The van der Waals surface area contributed by atoms with Gasteiger partial charge in [-0.15, -0.1) is 0 Å². The van der Waals surface area contributed by atoms with Crippen LogP contribution in [0, 0.1) is 0 Å². The van der Waals surface area contributed by atoms with Gasteiger partial charge in [0.1, 0.15) is 0 Å². The fourth-order valence-electron chi connectivity index (χ4n) is 2.97. The molecule has 1 atom stereocenters. The van der Waals surface area contributed by atoms with Crippen LogP contribution in [-0.4, -0.2) is 36.8 Å². The van der Waals surface area contributed by atoms with E-state index in [0.717, 1.165) is 5.56 Å². The van der Waals surface area contributed by atoms with Crippen molar-refractivity contribution in [3.8, 4) is 0 Å². The summed E-state index contributed by atoms with van der Waals surface area (Å²) in [5.74, 6) is -0.00421. The Morgan fingerprint density at radius 2 is 1.88 bits per heavy atom. The van der Waals surface area contributed by atoms with E-state index in [0.29, 0.717) is 23.6 Å². The molecule has 0 saturated carbocycles. The molecular formula is C18H18ClNO3S. The zero-order valence-electron chi connectivity index (χ0n) is 13.1. The van der Waals surface area contributed by atoms with E-state index < -0.39 is 9.84 Å². The zero-order valence-corrected chi connectivity index (χ0v) is 14.6. The number of halogens is 1. The summed E-state index contributed by atoms with van der Waals surface area (Å²) in [6.45, 7) is 0.342.